The summed E-state index contributed by atoms with van der Waals surface area (Å²) in [5.74, 6) is -2.92. The quantitative estimate of drug-likeness (QED) is 0.568. The summed E-state index contributed by atoms with van der Waals surface area (Å²) < 4.78 is 48.0. The Balaban J connectivity index is 1.47. The lowest BCUT2D eigenvalue weighted by atomic mass is 9.99. The molecule has 0 atom stereocenters. The first-order valence-electron chi connectivity index (χ1n) is 11.5. The zero-order chi connectivity index (χ0) is 24.4. The molecule has 2 aliphatic rings. The van der Waals surface area contributed by atoms with Gasteiger partial charge in [0.05, 0.1) is 17.8 Å². The van der Waals surface area contributed by atoms with E-state index < -0.39 is 24.2 Å². The molecule has 5 rings (SSSR count). The Bertz CT molecular complexity index is 1220. The van der Waals surface area contributed by atoms with Gasteiger partial charge in [-0.2, -0.15) is 0 Å². The summed E-state index contributed by atoms with van der Waals surface area (Å²) in [5.41, 5.74) is 0.926. The highest BCUT2D eigenvalue weighted by Crippen LogP contribution is 2.39. The number of benzene rings is 1. The highest BCUT2D eigenvalue weighted by Gasteiger charge is 2.40. The molecule has 10 heteroatoms. The Morgan fingerprint density at radius 3 is 2.49 bits per heavy atom. The zero-order valence-electron chi connectivity index (χ0n) is 18.9. The van der Waals surface area contributed by atoms with Gasteiger partial charge in [0.25, 0.3) is 11.8 Å². The van der Waals surface area contributed by atoms with E-state index in [0.29, 0.717) is 24.6 Å². The third kappa shape index (κ3) is 4.97. The van der Waals surface area contributed by atoms with E-state index in [1.807, 2.05) is 0 Å². The second-order valence-corrected chi connectivity index (χ2v) is 8.74. The van der Waals surface area contributed by atoms with E-state index in [1.54, 1.807) is 24.3 Å². The normalized spacial score (nSPS) is 18.0. The molecule has 1 aromatic carbocycles. The van der Waals surface area contributed by atoms with E-state index in [0.717, 1.165) is 12.8 Å². The van der Waals surface area contributed by atoms with Crippen LogP contribution in [0.1, 0.15) is 41.4 Å². The fourth-order valence-corrected chi connectivity index (χ4v) is 4.44. The van der Waals surface area contributed by atoms with Gasteiger partial charge in [0.15, 0.2) is 5.82 Å². The van der Waals surface area contributed by atoms with E-state index in [1.165, 1.54) is 29.6 Å². The van der Waals surface area contributed by atoms with Crippen molar-refractivity contribution in [3.05, 3.63) is 66.1 Å². The maximum Gasteiger partial charge on any atom is 0.266 e. The minimum atomic E-state index is -2.87. The summed E-state index contributed by atoms with van der Waals surface area (Å²) in [6.07, 6.45) is 5.61. The second kappa shape index (κ2) is 9.61. The summed E-state index contributed by atoms with van der Waals surface area (Å²) >= 11 is 0. The van der Waals surface area contributed by atoms with E-state index in [2.05, 4.69) is 20.3 Å². The van der Waals surface area contributed by atoms with Crippen molar-refractivity contribution in [1.29, 1.82) is 0 Å². The first-order valence-corrected chi connectivity index (χ1v) is 11.5. The number of nitrogens with one attached hydrogen (secondary N) is 1. The first kappa shape index (κ1) is 23.2. The Hall–Kier alpha value is -3.53. The number of hydrogen-bond donors (Lipinski definition) is 1. The van der Waals surface area contributed by atoms with E-state index in [4.69, 9.17) is 4.74 Å². The van der Waals surface area contributed by atoms with Crippen LogP contribution in [-0.4, -0.2) is 53.1 Å². The van der Waals surface area contributed by atoms with E-state index in [-0.39, 0.29) is 41.5 Å². The van der Waals surface area contributed by atoms with Gasteiger partial charge in [0, 0.05) is 61.8 Å². The van der Waals surface area contributed by atoms with Crippen LogP contribution in [0.2, 0.25) is 0 Å². The molecule has 0 saturated carbocycles. The molecule has 1 amide bonds. The number of carbonyl (C=O) groups excluding carboxylic acids is 1. The molecule has 3 aromatic rings. The Morgan fingerprint density at radius 1 is 1.06 bits per heavy atom. The summed E-state index contributed by atoms with van der Waals surface area (Å²) in [4.78, 5) is 27.6. The molecule has 1 N–H and O–H groups in total. The Morgan fingerprint density at radius 2 is 1.80 bits per heavy atom. The van der Waals surface area contributed by atoms with Crippen molar-refractivity contribution in [2.75, 3.05) is 36.5 Å². The smallest absolute Gasteiger partial charge is 0.266 e. The van der Waals surface area contributed by atoms with Gasteiger partial charge in [0.1, 0.15) is 11.6 Å². The average molecular weight is 483 g/mol. The minimum Gasteiger partial charge on any atom is -0.381 e. The topological polar surface area (TPSA) is 80.2 Å². The number of carbonyl (C=O) groups is 1. The monoisotopic (exact) mass is 483 g/mol. The maximum atomic E-state index is 14.7. The van der Waals surface area contributed by atoms with Gasteiger partial charge < -0.3 is 15.0 Å². The number of rotatable bonds is 5. The summed E-state index contributed by atoms with van der Waals surface area (Å²) in [5, 5.41) is 2.77. The highest BCUT2D eigenvalue weighted by molar-refractivity contribution is 6.08. The molecule has 0 aliphatic carbocycles. The van der Waals surface area contributed by atoms with Crippen LogP contribution in [0.4, 0.5) is 24.7 Å². The summed E-state index contributed by atoms with van der Waals surface area (Å²) in [6, 6.07) is 7.63. The maximum absolute atomic E-state index is 14.7. The lowest BCUT2D eigenvalue weighted by molar-refractivity contribution is 0.0257. The number of ether oxygens (including phenoxy) is 1. The third-order valence-electron chi connectivity index (χ3n) is 6.32. The van der Waals surface area contributed by atoms with Gasteiger partial charge in [-0.3, -0.25) is 4.79 Å². The lowest BCUT2D eigenvalue weighted by Crippen LogP contribution is -2.27. The van der Waals surface area contributed by atoms with Crippen LogP contribution in [-0.2, 0) is 4.74 Å². The first-order chi connectivity index (χ1) is 16.9. The largest absolute Gasteiger partial charge is 0.381 e. The molecular formula is C25H24F3N5O2. The molecule has 0 spiro atoms. The van der Waals surface area contributed by atoms with Crippen LogP contribution >= 0.6 is 0 Å². The molecule has 0 unspecified atom stereocenters. The number of amides is 1. The van der Waals surface area contributed by atoms with Gasteiger partial charge in [-0.05, 0) is 25.0 Å². The van der Waals surface area contributed by atoms with Crippen molar-refractivity contribution >= 4 is 17.4 Å². The third-order valence-corrected chi connectivity index (χ3v) is 6.32. The molecule has 2 fully saturated rings. The molecular weight excluding hydrogens is 459 g/mol. The fourth-order valence-electron chi connectivity index (χ4n) is 4.44. The molecule has 2 aromatic heterocycles. The van der Waals surface area contributed by atoms with Crippen LogP contribution in [0.25, 0.3) is 11.1 Å². The van der Waals surface area contributed by atoms with Crippen molar-refractivity contribution < 1.29 is 22.7 Å². The number of pyridine rings is 1. The van der Waals surface area contributed by atoms with Gasteiger partial charge in [-0.15, -0.1) is 0 Å². The minimum absolute atomic E-state index is 0.0620. The summed E-state index contributed by atoms with van der Waals surface area (Å²) in [7, 11) is 0. The Kier molecular flexibility index (Phi) is 6.38. The molecule has 0 radical (unpaired) electrons. The van der Waals surface area contributed by atoms with Gasteiger partial charge in [-0.25, -0.2) is 28.1 Å². The molecule has 2 aliphatic heterocycles. The van der Waals surface area contributed by atoms with Gasteiger partial charge >= 0.3 is 0 Å². The number of halogens is 3. The predicted octanol–water partition coefficient (Wildman–Crippen LogP) is 4.67. The van der Waals surface area contributed by atoms with Crippen LogP contribution in [0.3, 0.4) is 0 Å². The highest BCUT2D eigenvalue weighted by atomic mass is 19.3. The number of nitrogens with zero attached hydrogens (tertiary/aromatic N) is 4. The van der Waals surface area contributed by atoms with Crippen LogP contribution < -0.4 is 10.2 Å². The molecule has 0 bridgehead atoms. The number of aromatic nitrogens is 3. The van der Waals surface area contributed by atoms with Crippen molar-refractivity contribution in [3.63, 3.8) is 0 Å². The molecule has 35 heavy (non-hydrogen) atoms. The summed E-state index contributed by atoms with van der Waals surface area (Å²) in [6.45, 7) is 0.821. The predicted molar refractivity (Wildman–Crippen MR) is 124 cm³/mol. The molecule has 4 heterocycles. The van der Waals surface area contributed by atoms with Crippen molar-refractivity contribution in [1.82, 2.24) is 15.0 Å². The lowest BCUT2D eigenvalue weighted by Gasteiger charge is -2.23. The number of anilines is 2. The van der Waals surface area contributed by atoms with Gasteiger partial charge in [-0.1, -0.05) is 18.2 Å². The molecule has 182 valence electrons. The number of alkyl halides is 2. The van der Waals surface area contributed by atoms with Crippen molar-refractivity contribution in [2.24, 2.45) is 0 Å². The van der Waals surface area contributed by atoms with Crippen LogP contribution in [0.5, 0.6) is 0 Å². The number of hydrogen-bond acceptors (Lipinski definition) is 6. The standard InChI is InChI=1S/C25H24F3N5O2/c26-20-4-2-1-3-18(20)19-5-9-29-23(33-10-8-25(27,28)15-33)21(19)32-24(34)17-13-30-22(31-14-17)16-6-11-35-12-7-16/h1-5,9,13-14,16H,6-8,10-12,15H2,(H,32,34). The van der Waals surface area contributed by atoms with E-state index in [9.17, 15) is 18.0 Å². The molecule has 2 saturated heterocycles. The SMILES string of the molecule is O=C(Nc1c(-c2ccccc2F)ccnc1N1CCC(F)(F)C1)c1cnc(C2CCOCC2)nc1. The van der Waals surface area contributed by atoms with Crippen molar-refractivity contribution in [3.8, 4) is 11.1 Å². The molecule has 7 nitrogen and oxygen atoms in total. The van der Waals surface area contributed by atoms with Crippen molar-refractivity contribution in [2.45, 2.75) is 31.1 Å². The Labute approximate surface area is 200 Å². The van der Waals surface area contributed by atoms with Gasteiger partial charge in [0.2, 0.25) is 0 Å². The second-order valence-electron chi connectivity index (χ2n) is 8.74. The average Bonchev–Trinajstić information content (AvgIpc) is 3.24. The van der Waals surface area contributed by atoms with Crippen LogP contribution in [0, 0.1) is 5.82 Å². The van der Waals surface area contributed by atoms with Crippen LogP contribution in [0.15, 0.2) is 48.9 Å². The fraction of sp³-hybridized carbons (Fsp3) is 0.360. The van der Waals surface area contributed by atoms with E-state index >= 15 is 0 Å². The zero-order valence-corrected chi connectivity index (χ0v) is 18.9.